The van der Waals surface area contributed by atoms with Crippen LogP contribution in [0.1, 0.15) is 35.2 Å². The molecule has 1 unspecified atom stereocenters. The normalized spacial score (nSPS) is 15.3. The van der Waals surface area contributed by atoms with Crippen molar-refractivity contribution < 1.29 is 14.3 Å². The highest BCUT2D eigenvalue weighted by Crippen LogP contribution is 2.28. The van der Waals surface area contributed by atoms with E-state index in [0.29, 0.717) is 40.4 Å². The molecule has 9 heteroatoms. The molecule has 2 aromatic heterocycles. The van der Waals surface area contributed by atoms with Gasteiger partial charge in [-0.1, -0.05) is 0 Å². The highest BCUT2D eigenvalue weighted by atomic mass is 16.5. The second-order valence-electron chi connectivity index (χ2n) is 7.44. The Morgan fingerprint density at radius 2 is 2.25 bits per heavy atom. The van der Waals surface area contributed by atoms with Crippen molar-refractivity contribution in [2.75, 3.05) is 20.3 Å². The number of nitriles is 1. The zero-order valence-electron chi connectivity index (χ0n) is 17.6. The Balaban J connectivity index is 1.48. The van der Waals surface area contributed by atoms with Gasteiger partial charge in [-0.25, -0.2) is 9.67 Å². The van der Waals surface area contributed by atoms with E-state index in [1.807, 2.05) is 6.07 Å². The zero-order chi connectivity index (χ0) is 22.5. The van der Waals surface area contributed by atoms with Crippen molar-refractivity contribution in [2.24, 2.45) is 0 Å². The van der Waals surface area contributed by atoms with Crippen LogP contribution in [0.4, 0.5) is 0 Å². The number of pyridine rings is 1. The summed E-state index contributed by atoms with van der Waals surface area (Å²) in [5.41, 5.74) is 1.47. The lowest BCUT2D eigenvalue weighted by Gasteiger charge is -2.10. The van der Waals surface area contributed by atoms with Gasteiger partial charge in [0.25, 0.3) is 11.5 Å². The highest BCUT2D eigenvalue weighted by molar-refractivity contribution is 5.93. The van der Waals surface area contributed by atoms with Gasteiger partial charge in [0, 0.05) is 31.1 Å². The summed E-state index contributed by atoms with van der Waals surface area (Å²) < 4.78 is 12.2. The van der Waals surface area contributed by atoms with Gasteiger partial charge in [-0.3, -0.25) is 14.7 Å². The van der Waals surface area contributed by atoms with E-state index in [9.17, 15) is 9.59 Å². The summed E-state index contributed by atoms with van der Waals surface area (Å²) in [6.45, 7) is 1.33. The lowest BCUT2D eigenvalue weighted by molar-refractivity contribution is 0.0907. The van der Waals surface area contributed by atoms with Crippen molar-refractivity contribution in [3.63, 3.8) is 0 Å². The third kappa shape index (κ3) is 4.40. The molecular weight excluding hydrogens is 410 g/mol. The van der Waals surface area contributed by atoms with Crippen LogP contribution in [0.15, 0.2) is 47.5 Å². The molecule has 1 atom stereocenters. The average Bonchev–Trinajstić information content (AvgIpc) is 3.48. The number of rotatable bonds is 7. The van der Waals surface area contributed by atoms with Crippen molar-refractivity contribution >= 4 is 5.91 Å². The number of aromatic nitrogens is 3. The molecule has 0 aliphatic carbocycles. The summed E-state index contributed by atoms with van der Waals surface area (Å²) in [6.07, 6.45) is 6.11. The summed E-state index contributed by atoms with van der Waals surface area (Å²) >= 11 is 0. The molecule has 1 fully saturated rings. The Labute approximate surface area is 184 Å². The molecule has 0 bridgehead atoms. The van der Waals surface area contributed by atoms with E-state index in [2.05, 4.69) is 15.4 Å². The quantitative estimate of drug-likeness (QED) is 0.590. The molecule has 0 spiro atoms. The molecule has 2 N–H and O–H groups in total. The maximum Gasteiger partial charge on any atom is 0.280 e. The molecule has 0 radical (unpaired) electrons. The molecule has 3 heterocycles. The van der Waals surface area contributed by atoms with Crippen LogP contribution in [-0.4, -0.2) is 47.0 Å². The number of carbonyl (C=O) groups is 1. The minimum absolute atomic E-state index is 0.219. The molecule has 1 aliphatic rings. The molecular formula is C23H23N5O4. The van der Waals surface area contributed by atoms with Gasteiger partial charge in [-0.2, -0.15) is 5.26 Å². The van der Waals surface area contributed by atoms with Crippen molar-refractivity contribution in [2.45, 2.75) is 25.4 Å². The van der Waals surface area contributed by atoms with E-state index >= 15 is 0 Å². The van der Waals surface area contributed by atoms with Crippen LogP contribution < -0.4 is 15.6 Å². The van der Waals surface area contributed by atoms with Gasteiger partial charge >= 0.3 is 0 Å². The van der Waals surface area contributed by atoms with Gasteiger partial charge < -0.3 is 14.8 Å². The topological polar surface area (TPSA) is 122 Å². The van der Waals surface area contributed by atoms with Crippen LogP contribution in [-0.2, 0) is 4.74 Å². The molecule has 3 aromatic rings. The Morgan fingerprint density at radius 3 is 2.94 bits per heavy atom. The average molecular weight is 433 g/mol. The smallest absolute Gasteiger partial charge is 0.280 e. The van der Waals surface area contributed by atoms with Crippen molar-refractivity contribution in [1.82, 2.24) is 20.1 Å². The lowest BCUT2D eigenvalue weighted by atomic mass is 10.1. The lowest BCUT2D eigenvalue weighted by Crippen LogP contribution is -2.27. The van der Waals surface area contributed by atoms with Crippen LogP contribution >= 0.6 is 0 Å². The first-order valence-electron chi connectivity index (χ1n) is 10.4. The fraction of sp³-hybridized carbons (Fsp3) is 0.304. The van der Waals surface area contributed by atoms with Crippen molar-refractivity contribution in [3.05, 3.63) is 64.2 Å². The van der Waals surface area contributed by atoms with E-state index in [1.54, 1.807) is 36.5 Å². The van der Waals surface area contributed by atoms with Gasteiger partial charge in [-0.15, -0.1) is 0 Å². The summed E-state index contributed by atoms with van der Waals surface area (Å²) in [5.74, 6) is 0.559. The second kappa shape index (κ2) is 9.49. The molecule has 9 nitrogen and oxygen atoms in total. The molecule has 1 aromatic carbocycles. The zero-order valence-corrected chi connectivity index (χ0v) is 17.6. The molecule has 164 valence electrons. The molecule has 1 aliphatic heterocycles. The maximum absolute atomic E-state index is 13.0. The van der Waals surface area contributed by atoms with Crippen LogP contribution in [0.3, 0.4) is 0 Å². The number of amides is 1. The number of nitrogens with one attached hydrogen (secondary N) is 2. The predicted molar refractivity (Wildman–Crippen MR) is 117 cm³/mol. The summed E-state index contributed by atoms with van der Waals surface area (Å²) in [4.78, 5) is 29.6. The van der Waals surface area contributed by atoms with Gasteiger partial charge in [0.2, 0.25) is 0 Å². The number of carbonyl (C=O) groups excluding carboxylic acids is 1. The Kier molecular flexibility index (Phi) is 6.33. The number of hydrogen-bond acceptors (Lipinski definition) is 6. The molecule has 4 rings (SSSR count). The second-order valence-corrected chi connectivity index (χ2v) is 7.44. The van der Waals surface area contributed by atoms with Gasteiger partial charge in [-0.05, 0) is 49.6 Å². The Bertz CT molecular complexity index is 1200. The standard InChI is InChI=1S/C23H23N5O4/c1-31-20-11-15(12-24)4-6-18(20)19-14-27-28(23(19)30)21-7-5-16(13-26-21)22(29)25-9-8-17-3-2-10-32-17/h4-7,11,13-14,17,27H,2-3,8-10H2,1H3,(H,25,29). The number of benzene rings is 1. The van der Waals surface area contributed by atoms with E-state index in [1.165, 1.54) is 18.0 Å². The molecule has 0 saturated carbocycles. The molecule has 32 heavy (non-hydrogen) atoms. The summed E-state index contributed by atoms with van der Waals surface area (Å²) in [6, 6.07) is 10.1. The van der Waals surface area contributed by atoms with Gasteiger partial charge in [0.15, 0.2) is 5.82 Å². The van der Waals surface area contributed by atoms with Crippen molar-refractivity contribution in [1.29, 1.82) is 5.26 Å². The number of nitrogens with zero attached hydrogens (tertiary/aromatic N) is 3. The first-order valence-corrected chi connectivity index (χ1v) is 10.4. The highest BCUT2D eigenvalue weighted by Gasteiger charge is 2.17. The van der Waals surface area contributed by atoms with Crippen molar-refractivity contribution in [3.8, 4) is 28.8 Å². The van der Waals surface area contributed by atoms with E-state index in [-0.39, 0.29) is 17.6 Å². The predicted octanol–water partition coefficient (Wildman–Crippen LogP) is 2.41. The van der Waals surface area contributed by atoms with E-state index < -0.39 is 0 Å². The SMILES string of the molecule is COc1cc(C#N)ccc1-c1c[nH]n(-c2ccc(C(=O)NCCC3CCCO3)cn2)c1=O. The number of methoxy groups -OCH3 is 1. The first-order chi connectivity index (χ1) is 15.6. The maximum atomic E-state index is 13.0. The minimum Gasteiger partial charge on any atom is -0.496 e. The van der Waals surface area contributed by atoms with Gasteiger partial charge in [0.1, 0.15) is 5.75 Å². The van der Waals surface area contributed by atoms with Crippen LogP contribution in [0.5, 0.6) is 5.75 Å². The number of hydrogen-bond donors (Lipinski definition) is 2. The monoisotopic (exact) mass is 433 g/mol. The fourth-order valence-electron chi connectivity index (χ4n) is 3.69. The molecule has 1 saturated heterocycles. The Morgan fingerprint density at radius 1 is 1.38 bits per heavy atom. The first kappa shape index (κ1) is 21.3. The summed E-state index contributed by atoms with van der Waals surface area (Å²) in [7, 11) is 1.48. The van der Waals surface area contributed by atoms with E-state index in [4.69, 9.17) is 14.7 Å². The third-order valence-electron chi connectivity index (χ3n) is 5.41. The number of ether oxygens (including phenoxy) is 2. The van der Waals surface area contributed by atoms with Crippen LogP contribution in [0.25, 0.3) is 16.9 Å². The van der Waals surface area contributed by atoms with E-state index in [0.717, 1.165) is 25.9 Å². The minimum atomic E-state index is -0.325. The largest absolute Gasteiger partial charge is 0.496 e. The van der Waals surface area contributed by atoms with Gasteiger partial charge in [0.05, 0.1) is 36.0 Å². The van der Waals surface area contributed by atoms with Crippen LogP contribution in [0, 0.1) is 11.3 Å². The third-order valence-corrected chi connectivity index (χ3v) is 5.41. The fourth-order valence-corrected chi connectivity index (χ4v) is 3.69. The van der Waals surface area contributed by atoms with Crippen LogP contribution in [0.2, 0.25) is 0 Å². The summed E-state index contributed by atoms with van der Waals surface area (Å²) in [5, 5.41) is 14.8. The molecule has 1 amide bonds. The Hall–Kier alpha value is -3.90. The number of H-pyrrole nitrogens is 1. The number of aromatic amines is 1.